The van der Waals surface area contributed by atoms with Gasteiger partial charge in [-0.2, -0.15) is 13.2 Å². The Bertz CT molecular complexity index is 1190. The van der Waals surface area contributed by atoms with E-state index in [2.05, 4.69) is 16.7 Å². The zero-order valence-corrected chi connectivity index (χ0v) is 16.4. The molecule has 0 spiro atoms. The average molecular weight is 409 g/mol. The second-order valence-electron chi connectivity index (χ2n) is 7.31. The first-order valence-electron chi connectivity index (χ1n) is 9.54. The SMILES string of the molecule is Cc1cc2c[n+](Cc3ccccc3)ccc2n1CC(=O)c1ccc(C(F)(F)F)cc1. The van der Waals surface area contributed by atoms with E-state index < -0.39 is 11.7 Å². The average Bonchev–Trinajstić information content (AvgIpc) is 3.02. The molecule has 4 aromatic rings. The van der Waals surface area contributed by atoms with Crippen molar-refractivity contribution in [1.29, 1.82) is 0 Å². The van der Waals surface area contributed by atoms with E-state index in [-0.39, 0.29) is 17.9 Å². The van der Waals surface area contributed by atoms with Gasteiger partial charge in [0.1, 0.15) is 0 Å². The number of Topliss-reactive ketones (excluding diaryl/α,β-unsaturated/α-hetero) is 1. The van der Waals surface area contributed by atoms with Crippen molar-refractivity contribution in [3.05, 3.63) is 102 Å². The maximum absolute atomic E-state index is 12.7. The van der Waals surface area contributed by atoms with E-state index in [1.54, 1.807) is 0 Å². The lowest BCUT2D eigenvalue weighted by Gasteiger charge is -2.09. The lowest BCUT2D eigenvalue weighted by Crippen LogP contribution is -2.33. The number of benzene rings is 2. The molecule has 0 bridgehead atoms. The fourth-order valence-electron chi connectivity index (χ4n) is 3.58. The Morgan fingerprint density at radius 3 is 2.37 bits per heavy atom. The molecule has 3 nitrogen and oxygen atoms in total. The van der Waals surface area contributed by atoms with Crippen LogP contribution < -0.4 is 4.57 Å². The summed E-state index contributed by atoms with van der Waals surface area (Å²) in [4.78, 5) is 12.7. The van der Waals surface area contributed by atoms with Gasteiger partial charge in [-0.15, -0.1) is 0 Å². The molecule has 2 heterocycles. The Hall–Kier alpha value is -3.41. The second-order valence-corrected chi connectivity index (χ2v) is 7.31. The Balaban J connectivity index is 1.57. The Labute approximate surface area is 172 Å². The van der Waals surface area contributed by atoms with Gasteiger partial charge >= 0.3 is 6.18 Å². The number of carbonyl (C=O) groups excluding carboxylic acids is 1. The molecule has 0 saturated carbocycles. The Morgan fingerprint density at radius 2 is 1.70 bits per heavy atom. The van der Waals surface area contributed by atoms with E-state index in [1.807, 2.05) is 54.2 Å². The summed E-state index contributed by atoms with van der Waals surface area (Å²) in [7, 11) is 0. The highest BCUT2D eigenvalue weighted by molar-refractivity contribution is 5.97. The van der Waals surface area contributed by atoms with E-state index in [0.717, 1.165) is 35.3 Å². The molecule has 0 amide bonds. The number of aryl methyl sites for hydroxylation is 1. The van der Waals surface area contributed by atoms with Crippen molar-refractivity contribution >= 4 is 16.7 Å². The highest BCUT2D eigenvalue weighted by atomic mass is 19.4. The summed E-state index contributed by atoms with van der Waals surface area (Å²) in [5.74, 6) is -0.231. The number of halogens is 3. The van der Waals surface area contributed by atoms with Crippen LogP contribution in [-0.4, -0.2) is 10.4 Å². The van der Waals surface area contributed by atoms with Gasteiger partial charge in [-0.3, -0.25) is 4.79 Å². The van der Waals surface area contributed by atoms with Crippen molar-refractivity contribution in [3.8, 4) is 0 Å². The number of carbonyl (C=O) groups is 1. The third-order valence-corrected chi connectivity index (χ3v) is 5.15. The number of hydrogen-bond donors (Lipinski definition) is 0. The number of nitrogens with zero attached hydrogens (tertiary/aromatic N) is 2. The summed E-state index contributed by atoms with van der Waals surface area (Å²) in [5, 5.41) is 1.01. The summed E-state index contributed by atoms with van der Waals surface area (Å²) in [6, 6.07) is 18.5. The number of aromatic nitrogens is 2. The van der Waals surface area contributed by atoms with Crippen molar-refractivity contribution < 1.29 is 22.5 Å². The number of fused-ring (bicyclic) bond motifs is 1. The maximum atomic E-state index is 12.7. The molecule has 0 radical (unpaired) electrons. The number of ketones is 1. The highest BCUT2D eigenvalue weighted by Crippen LogP contribution is 2.29. The van der Waals surface area contributed by atoms with Crippen molar-refractivity contribution in [1.82, 2.24) is 4.57 Å². The van der Waals surface area contributed by atoms with Crippen LogP contribution in [0.15, 0.2) is 79.1 Å². The first kappa shape index (κ1) is 19.9. The first-order chi connectivity index (χ1) is 14.3. The van der Waals surface area contributed by atoms with Crippen LogP contribution in [-0.2, 0) is 19.3 Å². The molecule has 0 aliphatic carbocycles. The minimum absolute atomic E-state index is 0.0728. The van der Waals surface area contributed by atoms with Crippen LogP contribution in [0.3, 0.4) is 0 Å². The third kappa shape index (κ3) is 4.13. The summed E-state index contributed by atoms with van der Waals surface area (Å²) < 4.78 is 42.2. The quantitative estimate of drug-likeness (QED) is 0.329. The molecule has 4 rings (SSSR count). The lowest BCUT2D eigenvalue weighted by atomic mass is 10.1. The molecular formula is C24H20F3N2O+. The summed E-state index contributed by atoms with van der Waals surface area (Å²) in [6.07, 6.45) is -0.410. The molecule has 152 valence electrons. The molecular weight excluding hydrogens is 389 g/mol. The van der Waals surface area contributed by atoms with E-state index >= 15 is 0 Å². The van der Waals surface area contributed by atoms with Crippen LogP contribution in [0.2, 0.25) is 0 Å². The molecule has 0 aliphatic heterocycles. The zero-order valence-electron chi connectivity index (χ0n) is 16.4. The van der Waals surface area contributed by atoms with Gasteiger partial charge in [0.05, 0.1) is 23.0 Å². The Morgan fingerprint density at radius 1 is 1.00 bits per heavy atom. The maximum Gasteiger partial charge on any atom is 0.416 e. The molecule has 0 fully saturated rings. The number of pyridine rings is 1. The van der Waals surface area contributed by atoms with Gasteiger partial charge in [0.25, 0.3) is 0 Å². The molecule has 0 saturated heterocycles. The molecule has 0 N–H and O–H groups in total. The molecule has 0 unspecified atom stereocenters. The Kier molecular flexibility index (Phi) is 5.16. The predicted molar refractivity (Wildman–Crippen MR) is 108 cm³/mol. The number of rotatable bonds is 5. The summed E-state index contributed by atoms with van der Waals surface area (Å²) in [6.45, 7) is 2.73. The first-order valence-corrected chi connectivity index (χ1v) is 9.54. The molecule has 0 aliphatic rings. The van der Waals surface area contributed by atoms with E-state index in [4.69, 9.17) is 0 Å². The molecule has 2 aromatic carbocycles. The van der Waals surface area contributed by atoms with Crippen LogP contribution in [0.1, 0.15) is 27.2 Å². The number of hydrogen-bond acceptors (Lipinski definition) is 1. The van der Waals surface area contributed by atoms with Gasteiger partial charge in [0.2, 0.25) is 0 Å². The van der Waals surface area contributed by atoms with Crippen LogP contribution in [0.25, 0.3) is 10.9 Å². The van der Waals surface area contributed by atoms with Gasteiger partial charge in [-0.25, -0.2) is 4.57 Å². The second kappa shape index (κ2) is 7.78. The van der Waals surface area contributed by atoms with Gasteiger partial charge in [-0.1, -0.05) is 42.5 Å². The number of alkyl halides is 3. The molecule has 6 heteroatoms. The van der Waals surface area contributed by atoms with E-state index in [1.165, 1.54) is 17.7 Å². The van der Waals surface area contributed by atoms with Crippen LogP contribution in [0.4, 0.5) is 13.2 Å². The van der Waals surface area contributed by atoms with Gasteiger partial charge in [0, 0.05) is 22.9 Å². The van der Waals surface area contributed by atoms with Crippen LogP contribution in [0, 0.1) is 6.92 Å². The predicted octanol–water partition coefficient (Wildman–Crippen LogP) is 5.19. The van der Waals surface area contributed by atoms with Gasteiger partial charge < -0.3 is 4.57 Å². The monoisotopic (exact) mass is 409 g/mol. The van der Waals surface area contributed by atoms with Crippen molar-refractivity contribution in [2.75, 3.05) is 0 Å². The van der Waals surface area contributed by atoms with E-state index in [0.29, 0.717) is 0 Å². The lowest BCUT2D eigenvalue weighted by molar-refractivity contribution is -0.687. The molecule has 30 heavy (non-hydrogen) atoms. The third-order valence-electron chi connectivity index (χ3n) is 5.15. The summed E-state index contributed by atoms with van der Waals surface area (Å²) in [5.41, 5.74) is 2.53. The van der Waals surface area contributed by atoms with Crippen molar-refractivity contribution in [2.24, 2.45) is 0 Å². The normalized spacial score (nSPS) is 11.7. The molecule has 0 atom stereocenters. The fourth-order valence-corrected chi connectivity index (χ4v) is 3.58. The fraction of sp³-hybridized carbons (Fsp3) is 0.167. The zero-order chi connectivity index (χ0) is 21.3. The summed E-state index contributed by atoms with van der Waals surface area (Å²) >= 11 is 0. The largest absolute Gasteiger partial charge is 0.416 e. The van der Waals surface area contributed by atoms with Crippen molar-refractivity contribution in [2.45, 2.75) is 26.2 Å². The van der Waals surface area contributed by atoms with Crippen molar-refractivity contribution in [3.63, 3.8) is 0 Å². The van der Waals surface area contributed by atoms with E-state index in [9.17, 15) is 18.0 Å². The van der Waals surface area contributed by atoms with Gasteiger partial charge in [0.15, 0.2) is 24.7 Å². The minimum atomic E-state index is -4.41. The highest BCUT2D eigenvalue weighted by Gasteiger charge is 2.30. The van der Waals surface area contributed by atoms with Gasteiger partial charge in [-0.05, 0) is 25.1 Å². The molecule has 2 aromatic heterocycles. The topological polar surface area (TPSA) is 25.9 Å². The van der Waals surface area contributed by atoms with Crippen LogP contribution in [0.5, 0.6) is 0 Å². The smallest absolute Gasteiger partial charge is 0.337 e. The standard InChI is InChI=1S/C24H20F3N2O/c1-17-13-20-15-28(14-18-5-3-2-4-6-18)12-11-22(20)29(17)16-23(30)19-7-9-21(10-8-19)24(25,26)27/h2-13,15H,14,16H2,1H3/q+1. The minimum Gasteiger partial charge on any atom is -0.337 e. The van der Waals surface area contributed by atoms with Crippen LogP contribution >= 0.6 is 0 Å².